The van der Waals surface area contributed by atoms with E-state index in [2.05, 4.69) is 31.4 Å². The fraction of sp³-hybridized carbons (Fsp3) is 0.588. The molecule has 0 unspecified atom stereocenters. The molecule has 1 aromatic rings. The lowest BCUT2D eigenvalue weighted by Gasteiger charge is -2.31. The lowest BCUT2D eigenvalue weighted by Crippen LogP contribution is -2.49. The Balaban J connectivity index is 1.92. The van der Waals surface area contributed by atoms with E-state index in [4.69, 9.17) is 4.74 Å². The Morgan fingerprint density at radius 1 is 1.32 bits per heavy atom. The Labute approximate surface area is 149 Å². The zero-order chi connectivity index (χ0) is 18.7. The monoisotopic (exact) mass is 369 g/mol. The third-order valence-corrected chi connectivity index (χ3v) is 5.31. The van der Waals surface area contributed by atoms with Gasteiger partial charge in [-0.15, -0.1) is 0 Å². The van der Waals surface area contributed by atoms with E-state index in [0.717, 1.165) is 11.3 Å². The Hall–Kier alpha value is -1.64. The largest absolute Gasteiger partial charge is 0.374 e. The number of nitrogens with zero attached hydrogens (tertiary/aromatic N) is 1. The molecule has 2 amide bonds. The number of nitrogens with one attached hydrogen (secondary N) is 2. The van der Waals surface area contributed by atoms with Crippen LogP contribution in [0.15, 0.2) is 24.3 Å². The van der Waals surface area contributed by atoms with Gasteiger partial charge in [0.2, 0.25) is 10.0 Å². The first-order valence-corrected chi connectivity index (χ1v) is 10.1. The first kappa shape index (κ1) is 19.7. The van der Waals surface area contributed by atoms with E-state index in [-0.39, 0.29) is 30.6 Å². The van der Waals surface area contributed by atoms with Crippen LogP contribution < -0.4 is 10.6 Å². The number of benzene rings is 1. The quantitative estimate of drug-likeness (QED) is 0.847. The van der Waals surface area contributed by atoms with E-state index in [1.54, 1.807) is 0 Å². The molecule has 0 saturated carbocycles. The molecule has 1 aromatic carbocycles. The van der Waals surface area contributed by atoms with E-state index in [1.165, 1.54) is 10.6 Å². The molecule has 1 aliphatic heterocycles. The Kier molecular flexibility index (Phi) is 6.08. The van der Waals surface area contributed by atoms with Gasteiger partial charge in [0.1, 0.15) is 0 Å². The number of carbonyl (C=O) groups is 1. The fourth-order valence-electron chi connectivity index (χ4n) is 2.74. The van der Waals surface area contributed by atoms with Crippen LogP contribution in [0.3, 0.4) is 0 Å². The predicted octanol–water partition coefficient (Wildman–Crippen LogP) is 1.77. The van der Waals surface area contributed by atoms with Crippen LogP contribution in [-0.2, 0) is 20.2 Å². The van der Waals surface area contributed by atoms with Gasteiger partial charge in [0.15, 0.2) is 0 Å². The molecular weight excluding hydrogens is 342 g/mol. The number of morpholine rings is 1. The first-order valence-electron chi connectivity index (χ1n) is 8.28. The highest BCUT2D eigenvalue weighted by molar-refractivity contribution is 7.88. The molecule has 8 heteroatoms. The molecule has 0 aliphatic carbocycles. The van der Waals surface area contributed by atoms with Gasteiger partial charge in [-0.2, -0.15) is 4.31 Å². The third-order valence-electron chi connectivity index (χ3n) is 4.04. The third kappa shape index (κ3) is 5.69. The molecular formula is C17H27N3O4S. The number of hydrogen-bond donors (Lipinski definition) is 2. The summed E-state index contributed by atoms with van der Waals surface area (Å²) in [5.41, 5.74) is 1.71. The number of sulfonamides is 1. The van der Waals surface area contributed by atoms with Crippen molar-refractivity contribution >= 4 is 21.7 Å². The van der Waals surface area contributed by atoms with E-state index in [0.29, 0.717) is 13.2 Å². The summed E-state index contributed by atoms with van der Waals surface area (Å²) in [4.78, 5) is 12.2. The van der Waals surface area contributed by atoms with Crippen LogP contribution in [0.1, 0.15) is 26.3 Å². The van der Waals surface area contributed by atoms with Gasteiger partial charge in [-0.05, 0) is 17.0 Å². The van der Waals surface area contributed by atoms with Crippen LogP contribution in [0, 0.1) is 0 Å². The van der Waals surface area contributed by atoms with Gasteiger partial charge in [0.05, 0.1) is 19.0 Å². The molecule has 2 rings (SSSR count). The fourth-order valence-corrected chi connectivity index (χ4v) is 3.58. The van der Waals surface area contributed by atoms with E-state index < -0.39 is 10.0 Å². The van der Waals surface area contributed by atoms with Crippen molar-refractivity contribution in [3.05, 3.63) is 29.8 Å². The normalized spacial score (nSPS) is 19.4. The first-order chi connectivity index (χ1) is 11.6. The SMILES string of the molecule is CC(C)(C)c1ccccc1NC(=O)NC[C@H]1CN(S(C)(=O)=O)CCO1. The topological polar surface area (TPSA) is 87.7 Å². The summed E-state index contributed by atoms with van der Waals surface area (Å²) in [6.45, 7) is 7.42. The van der Waals surface area contributed by atoms with Crippen LogP contribution in [0.25, 0.3) is 0 Å². The van der Waals surface area contributed by atoms with Gasteiger partial charge < -0.3 is 15.4 Å². The van der Waals surface area contributed by atoms with Gasteiger partial charge in [0, 0.05) is 25.3 Å². The summed E-state index contributed by atoms with van der Waals surface area (Å²) in [7, 11) is -3.24. The number of hydrogen-bond acceptors (Lipinski definition) is 4. The number of para-hydroxylation sites is 1. The second-order valence-electron chi connectivity index (χ2n) is 7.24. The van der Waals surface area contributed by atoms with Crippen molar-refractivity contribution in [2.75, 3.05) is 37.8 Å². The molecule has 0 radical (unpaired) electrons. The predicted molar refractivity (Wildman–Crippen MR) is 98.3 cm³/mol. The number of anilines is 1. The maximum atomic E-state index is 12.2. The van der Waals surface area contributed by atoms with Crippen molar-refractivity contribution in [1.82, 2.24) is 9.62 Å². The van der Waals surface area contributed by atoms with Gasteiger partial charge in [-0.3, -0.25) is 0 Å². The minimum Gasteiger partial charge on any atom is -0.374 e. The molecule has 0 spiro atoms. The number of ether oxygens (including phenoxy) is 1. The highest BCUT2D eigenvalue weighted by Crippen LogP contribution is 2.29. The van der Waals surface area contributed by atoms with Crippen LogP contribution in [-0.4, -0.2) is 57.4 Å². The zero-order valence-corrected chi connectivity index (χ0v) is 16.0. The summed E-state index contributed by atoms with van der Waals surface area (Å²) in [6.07, 6.45) is 0.825. The summed E-state index contributed by atoms with van der Waals surface area (Å²) in [6, 6.07) is 7.34. The summed E-state index contributed by atoms with van der Waals surface area (Å²) < 4.78 is 30.1. The Morgan fingerprint density at radius 3 is 2.64 bits per heavy atom. The molecule has 1 fully saturated rings. The van der Waals surface area contributed by atoms with Gasteiger partial charge in [-0.25, -0.2) is 13.2 Å². The molecule has 0 bridgehead atoms. The average molecular weight is 369 g/mol. The van der Waals surface area contributed by atoms with Crippen molar-refractivity contribution in [2.45, 2.75) is 32.3 Å². The van der Waals surface area contributed by atoms with Crippen LogP contribution in [0.4, 0.5) is 10.5 Å². The van der Waals surface area contributed by atoms with Crippen LogP contribution in [0.2, 0.25) is 0 Å². The molecule has 140 valence electrons. The minimum absolute atomic E-state index is 0.0909. The highest BCUT2D eigenvalue weighted by atomic mass is 32.2. The van der Waals surface area contributed by atoms with Crippen LogP contribution in [0.5, 0.6) is 0 Å². The molecule has 1 saturated heterocycles. The van der Waals surface area contributed by atoms with E-state index in [1.807, 2.05) is 24.3 Å². The van der Waals surface area contributed by atoms with Crippen LogP contribution >= 0.6 is 0 Å². The van der Waals surface area contributed by atoms with E-state index in [9.17, 15) is 13.2 Å². The van der Waals surface area contributed by atoms with Gasteiger partial charge in [0.25, 0.3) is 0 Å². The van der Waals surface area contributed by atoms with Crippen molar-refractivity contribution in [1.29, 1.82) is 0 Å². The Bertz CT molecular complexity index is 713. The molecule has 1 heterocycles. The molecule has 1 atom stereocenters. The lowest BCUT2D eigenvalue weighted by molar-refractivity contribution is 0.00167. The standard InChI is InChI=1S/C17H27N3O4S/c1-17(2,3)14-7-5-6-8-15(14)19-16(21)18-11-13-12-20(9-10-24-13)25(4,22)23/h5-8,13H,9-12H2,1-4H3,(H2,18,19,21)/t13-/m0/s1. The van der Waals surface area contributed by atoms with Crippen molar-refractivity contribution in [3.8, 4) is 0 Å². The number of carbonyl (C=O) groups excluding carboxylic acids is 1. The van der Waals surface area contributed by atoms with Gasteiger partial charge in [-0.1, -0.05) is 39.0 Å². The number of urea groups is 1. The van der Waals surface area contributed by atoms with Gasteiger partial charge >= 0.3 is 6.03 Å². The molecule has 1 aliphatic rings. The van der Waals surface area contributed by atoms with Crippen molar-refractivity contribution < 1.29 is 17.9 Å². The lowest BCUT2D eigenvalue weighted by atomic mass is 9.86. The summed E-state index contributed by atoms with van der Waals surface area (Å²) >= 11 is 0. The summed E-state index contributed by atoms with van der Waals surface area (Å²) in [5, 5.41) is 5.62. The smallest absolute Gasteiger partial charge is 0.319 e. The molecule has 25 heavy (non-hydrogen) atoms. The maximum Gasteiger partial charge on any atom is 0.319 e. The second kappa shape index (κ2) is 7.72. The highest BCUT2D eigenvalue weighted by Gasteiger charge is 2.27. The molecule has 0 aromatic heterocycles. The van der Waals surface area contributed by atoms with E-state index >= 15 is 0 Å². The minimum atomic E-state index is -3.24. The Morgan fingerprint density at radius 2 is 2.00 bits per heavy atom. The zero-order valence-electron chi connectivity index (χ0n) is 15.2. The molecule has 7 nitrogen and oxygen atoms in total. The second-order valence-corrected chi connectivity index (χ2v) is 9.23. The summed E-state index contributed by atoms with van der Waals surface area (Å²) in [5.74, 6) is 0. The maximum absolute atomic E-state index is 12.2. The average Bonchev–Trinajstić information content (AvgIpc) is 2.52. The molecule has 2 N–H and O–H groups in total. The van der Waals surface area contributed by atoms with Crippen molar-refractivity contribution in [2.24, 2.45) is 0 Å². The van der Waals surface area contributed by atoms with Crippen molar-refractivity contribution in [3.63, 3.8) is 0 Å². The number of amides is 2. The number of rotatable bonds is 4.